The normalized spacial score (nSPS) is 20.2. The van der Waals surface area contributed by atoms with Gasteiger partial charge >= 0.3 is 0 Å². The molecule has 0 amide bonds. The second-order valence-electron chi connectivity index (χ2n) is 6.91. The number of para-hydroxylation sites is 2. The number of aliphatic hydroxyl groups is 1. The van der Waals surface area contributed by atoms with Gasteiger partial charge in [0.05, 0.1) is 16.6 Å². The number of pyridine rings is 1. The van der Waals surface area contributed by atoms with Gasteiger partial charge in [-0.05, 0) is 55.9 Å². The molecule has 3 aromatic rings. The number of anilines is 1. The first-order valence-electron chi connectivity index (χ1n) is 8.91. The molecule has 1 aliphatic carbocycles. The molecule has 0 bridgehead atoms. The van der Waals surface area contributed by atoms with Gasteiger partial charge in [-0.3, -0.25) is 4.40 Å². The van der Waals surface area contributed by atoms with Crippen molar-refractivity contribution in [2.45, 2.75) is 38.6 Å². The summed E-state index contributed by atoms with van der Waals surface area (Å²) in [5.41, 5.74) is 4.17. The lowest BCUT2D eigenvalue weighted by Crippen LogP contribution is -2.26. The Labute approximate surface area is 146 Å². The molecule has 0 saturated heterocycles. The van der Waals surface area contributed by atoms with Crippen LogP contribution in [0.15, 0.2) is 30.3 Å². The Bertz CT molecular complexity index is 969. The second-order valence-corrected chi connectivity index (χ2v) is 6.91. The number of hydrogen-bond acceptors (Lipinski definition) is 4. The highest BCUT2D eigenvalue weighted by atomic mass is 16.3. The monoisotopic (exact) mass is 334 g/mol. The molecule has 1 aromatic carbocycles. The van der Waals surface area contributed by atoms with Gasteiger partial charge in [0.25, 0.3) is 0 Å². The van der Waals surface area contributed by atoms with Crippen molar-refractivity contribution in [3.63, 3.8) is 0 Å². The molecule has 0 spiro atoms. The molecule has 2 heterocycles. The first kappa shape index (κ1) is 15.9. The molecule has 5 nitrogen and oxygen atoms in total. The Morgan fingerprint density at radius 3 is 3.00 bits per heavy atom. The number of aryl methyl sites for hydroxylation is 1. The molecule has 2 atom stereocenters. The summed E-state index contributed by atoms with van der Waals surface area (Å²) in [5.74, 6) is 1.47. The predicted octanol–water partition coefficient (Wildman–Crippen LogP) is 3.63. The van der Waals surface area contributed by atoms with Crippen LogP contribution >= 0.6 is 0 Å². The Hall–Kier alpha value is -2.58. The number of aromatic nitrogens is 2. The van der Waals surface area contributed by atoms with Gasteiger partial charge in [0.2, 0.25) is 0 Å². The summed E-state index contributed by atoms with van der Waals surface area (Å²) in [6.07, 6.45) is 4.28. The van der Waals surface area contributed by atoms with Crippen LogP contribution in [0, 0.1) is 24.2 Å². The molecule has 0 radical (unpaired) electrons. The third-order valence-electron chi connectivity index (χ3n) is 5.38. The van der Waals surface area contributed by atoms with Crippen LogP contribution in [-0.2, 0) is 0 Å². The number of nitrogens with zero attached hydrogens (tertiary/aromatic N) is 3. The quantitative estimate of drug-likeness (QED) is 0.764. The van der Waals surface area contributed by atoms with E-state index in [0.717, 1.165) is 41.7 Å². The van der Waals surface area contributed by atoms with Crippen LogP contribution in [0.4, 0.5) is 5.82 Å². The number of aliphatic hydroxyl groups excluding tert-OH is 1. The molecule has 2 N–H and O–H groups in total. The average Bonchev–Trinajstić information content (AvgIpc) is 3.20. The summed E-state index contributed by atoms with van der Waals surface area (Å²) in [6, 6.07) is 12.7. The maximum absolute atomic E-state index is 9.58. The highest BCUT2D eigenvalue weighted by Crippen LogP contribution is 2.33. The van der Waals surface area contributed by atoms with Crippen molar-refractivity contribution in [2.24, 2.45) is 5.92 Å². The van der Waals surface area contributed by atoms with Gasteiger partial charge in [-0.2, -0.15) is 5.26 Å². The van der Waals surface area contributed by atoms with Crippen molar-refractivity contribution in [1.29, 1.82) is 5.26 Å². The summed E-state index contributed by atoms with van der Waals surface area (Å²) in [7, 11) is 0. The zero-order valence-electron chi connectivity index (χ0n) is 14.4. The maximum atomic E-state index is 9.58. The van der Waals surface area contributed by atoms with Gasteiger partial charge in [0.1, 0.15) is 11.9 Å². The van der Waals surface area contributed by atoms with Gasteiger partial charge < -0.3 is 10.4 Å². The molecule has 128 valence electrons. The summed E-state index contributed by atoms with van der Waals surface area (Å²) in [5, 5.41) is 22.6. The van der Waals surface area contributed by atoms with Crippen molar-refractivity contribution in [2.75, 3.05) is 11.9 Å². The smallest absolute Gasteiger partial charge is 0.157 e. The fourth-order valence-electron chi connectivity index (χ4n) is 4.13. The molecular weight excluding hydrogens is 312 g/mol. The van der Waals surface area contributed by atoms with Gasteiger partial charge in [0.15, 0.2) is 5.65 Å². The number of hydrogen-bond donors (Lipinski definition) is 2. The molecule has 1 aliphatic rings. The minimum absolute atomic E-state index is 0.235. The highest BCUT2D eigenvalue weighted by molar-refractivity contribution is 5.85. The van der Waals surface area contributed by atoms with E-state index in [1.807, 2.05) is 37.3 Å². The van der Waals surface area contributed by atoms with Crippen molar-refractivity contribution < 1.29 is 5.11 Å². The van der Waals surface area contributed by atoms with Crippen LogP contribution in [0.1, 0.15) is 36.8 Å². The first-order valence-corrected chi connectivity index (χ1v) is 8.91. The second kappa shape index (κ2) is 6.38. The standard InChI is InChI=1S/C20H22N4O/c1-13-11-19(22-16-7-4-5-14(16)9-10-25)24-18-8-3-2-6-17(18)23-20(24)15(13)12-21/h2-3,6,8,11,14,16,22,25H,4-5,7,9-10H2,1H3. The molecule has 2 unspecified atom stereocenters. The fraction of sp³-hybridized carbons (Fsp3) is 0.400. The SMILES string of the molecule is Cc1cc(NC2CCCC2CCO)n2c(nc3ccccc32)c1C#N. The van der Waals surface area contributed by atoms with E-state index < -0.39 is 0 Å². The Morgan fingerprint density at radius 1 is 1.36 bits per heavy atom. The van der Waals surface area contributed by atoms with Crippen molar-refractivity contribution in [1.82, 2.24) is 9.38 Å². The lowest BCUT2D eigenvalue weighted by Gasteiger charge is -2.23. The first-order chi connectivity index (χ1) is 12.2. The lowest BCUT2D eigenvalue weighted by molar-refractivity contribution is 0.254. The summed E-state index contributed by atoms with van der Waals surface area (Å²) in [4.78, 5) is 4.70. The van der Waals surface area contributed by atoms with E-state index in [-0.39, 0.29) is 6.61 Å². The van der Waals surface area contributed by atoms with Gasteiger partial charge in [-0.15, -0.1) is 0 Å². The minimum atomic E-state index is 0.235. The van der Waals surface area contributed by atoms with E-state index in [9.17, 15) is 10.4 Å². The van der Waals surface area contributed by atoms with Crippen LogP contribution in [0.3, 0.4) is 0 Å². The van der Waals surface area contributed by atoms with E-state index in [4.69, 9.17) is 4.98 Å². The summed E-state index contributed by atoms with van der Waals surface area (Å²) < 4.78 is 2.06. The number of rotatable bonds is 4. The van der Waals surface area contributed by atoms with E-state index in [1.54, 1.807) is 0 Å². The molecule has 4 rings (SSSR count). The molecule has 5 heteroatoms. The Balaban J connectivity index is 1.87. The third kappa shape index (κ3) is 2.63. The van der Waals surface area contributed by atoms with Crippen molar-refractivity contribution in [3.8, 4) is 6.07 Å². The van der Waals surface area contributed by atoms with E-state index in [0.29, 0.717) is 23.2 Å². The number of imidazole rings is 1. The summed E-state index contributed by atoms with van der Waals surface area (Å²) >= 11 is 0. The summed E-state index contributed by atoms with van der Waals surface area (Å²) in [6.45, 7) is 2.20. The maximum Gasteiger partial charge on any atom is 0.157 e. The number of nitrogens with one attached hydrogen (secondary N) is 1. The van der Waals surface area contributed by atoms with Crippen molar-refractivity contribution >= 4 is 22.5 Å². The Morgan fingerprint density at radius 2 is 2.20 bits per heavy atom. The molecule has 25 heavy (non-hydrogen) atoms. The lowest BCUT2D eigenvalue weighted by atomic mass is 10.00. The largest absolute Gasteiger partial charge is 0.396 e. The van der Waals surface area contributed by atoms with Crippen LogP contribution in [0.25, 0.3) is 16.7 Å². The zero-order valence-corrected chi connectivity index (χ0v) is 14.4. The number of nitriles is 1. The van der Waals surface area contributed by atoms with Crippen LogP contribution in [-0.4, -0.2) is 27.1 Å². The molecule has 0 aliphatic heterocycles. The highest BCUT2D eigenvalue weighted by Gasteiger charge is 2.27. The van der Waals surface area contributed by atoms with Gasteiger partial charge in [-0.1, -0.05) is 18.6 Å². The van der Waals surface area contributed by atoms with E-state index >= 15 is 0 Å². The Kier molecular flexibility index (Phi) is 4.06. The molecule has 1 saturated carbocycles. The van der Waals surface area contributed by atoms with Crippen molar-refractivity contribution in [3.05, 3.63) is 41.5 Å². The predicted molar refractivity (Wildman–Crippen MR) is 98.6 cm³/mol. The molecule has 1 fully saturated rings. The van der Waals surface area contributed by atoms with E-state index in [1.165, 1.54) is 6.42 Å². The van der Waals surface area contributed by atoms with Gasteiger partial charge in [0, 0.05) is 12.6 Å². The minimum Gasteiger partial charge on any atom is -0.396 e. The number of fused-ring (bicyclic) bond motifs is 3. The van der Waals surface area contributed by atoms with Crippen LogP contribution < -0.4 is 5.32 Å². The topological polar surface area (TPSA) is 73.3 Å². The van der Waals surface area contributed by atoms with Crippen LogP contribution in [0.2, 0.25) is 0 Å². The van der Waals surface area contributed by atoms with Crippen LogP contribution in [0.5, 0.6) is 0 Å². The van der Waals surface area contributed by atoms with Gasteiger partial charge in [-0.25, -0.2) is 4.98 Å². The molecular formula is C20H22N4O. The van der Waals surface area contributed by atoms with E-state index in [2.05, 4.69) is 15.8 Å². The fourth-order valence-corrected chi connectivity index (χ4v) is 4.13. The number of benzene rings is 1. The molecule has 2 aromatic heterocycles. The average molecular weight is 334 g/mol. The third-order valence-corrected chi connectivity index (χ3v) is 5.38. The zero-order chi connectivity index (χ0) is 17.4.